The molecule has 0 atom stereocenters. The Labute approximate surface area is 129 Å². The van der Waals surface area contributed by atoms with E-state index in [4.69, 9.17) is 4.74 Å². The number of esters is 1. The minimum atomic E-state index is -0.334. The van der Waals surface area contributed by atoms with Crippen LogP contribution >= 0.6 is 0 Å². The van der Waals surface area contributed by atoms with E-state index >= 15 is 0 Å². The van der Waals surface area contributed by atoms with Crippen molar-refractivity contribution in [2.75, 3.05) is 7.11 Å². The Kier molecular flexibility index (Phi) is 4.01. The van der Waals surface area contributed by atoms with Gasteiger partial charge in [0, 0.05) is 0 Å². The summed E-state index contributed by atoms with van der Waals surface area (Å²) >= 11 is 0. The van der Waals surface area contributed by atoms with E-state index in [0.717, 1.165) is 21.9 Å². The second-order valence-electron chi connectivity index (χ2n) is 5.02. The van der Waals surface area contributed by atoms with Gasteiger partial charge in [-0.15, -0.1) is 0 Å². The number of hydrogen-bond acceptors (Lipinski definition) is 2. The Morgan fingerprint density at radius 3 is 2.27 bits per heavy atom. The van der Waals surface area contributed by atoms with Crippen LogP contribution in [0.4, 0.5) is 0 Å². The van der Waals surface area contributed by atoms with Gasteiger partial charge >= 0.3 is 5.97 Å². The van der Waals surface area contributed by atoms with Crippen LogP contribution in [0, 0.1) is 0 Å². The van der Waals surface area contributed by atoms with Gasteiger partial charge in [-0.25, -0.2) is 4.79 Å². The van der Waals surface area contributed by atoms with Gasteiger partial charge in [0.25, 0.3) is 0 Å². The van der Waals surface area contributed by atoms with Gasteiger partial charge in [-0.3, -0.25) is 0 Å². The van der Waals surface area contributed by atoms with Crippen molar-refractivity contribution in [1.29, 1.82) is 0 Å². The highest BCUT2D eigenvalue weighted by molar-refractivity contribution is 6.22. The van der Waals surface area contributed by atoms with Crippen LogP contribution in [0.25, 0.3) is 22.4 Å². The minimum absolute atomic E-state index is 0.334. The van der Waals surface area contributed by atoms with Crippen molar-refractivity contribution in [3.63, 3.8) is 0 Å². The number of methoxy groups -OCH3 is 1. The molecule has 0 unspecified atom stereocenters. The fourth-order valence-corrected chi connectivity index (χ4v) is 2.44. The number of carbonyl (C=O) groups excluding carboxylic acids is 1. The van der Waals surface area contributed by atoms with Crippen LogP contribution in [0.2, 0.25) is 0 Å². The van der Waals surface area contributed by atoms with Gasteiger partial charge in [-0.1, -0.05) is 66.7 Å². The summed E-state index contributed by atoms with van der Waals surface area (Å²) in [6.07, 6.45) is 1.86. The molecule has 0 aromatic heterocycles. The van der Waals surface area contributed by atoms with Crippen LogP contribution in [-0.2, 0) is 9.53 Å². The highest BCUT2D eigenvalue weighted by atomic mass is 16.5. The maximum absolute atomic E-state index is 12.2. The van der Waals surface area contributed by atoms with Crippen LogP contribution in [0.5, 0.6) is 0 Å². The molecule has 0 aliphatic carbocycles. The number of carbonyl (C=O) groups is 1. The summed E-state index contributed by atoms with van der Waals surface area (Å²) in [7, 11) is 1.40. The van der Waals surface area contributed by atoms with Crippen LogP contribution in [-0.4, -0.2) is 13.1 Å². The van der Waals surface area contributed by atoms with Gasteiger partial charge < -0.3 is 4.74 Å². The van der Waals surface area contributed by atoms with E-state index in [0.29, 0.717) is 5.57 Å². The quantitative estimate of drug-likeness (QED) is 0.401. The summed E-state index contributed by atoms with van der Waals surface area (Å²) in [5, 5.41) is 2.25. The smallest absolute Gasteiger partial charge is 0.338 e. The number of fused-ring (bicyclic) bond motifs is 1. The average molecular weight is 288 g/mol. The predicted molar refractivity (Wildman–Crippen MR) is 90.3 cm³/mol. The first kappa shape index (κ1) is 14.1. The molecular weight excluding hydrogens is 272 g/mol. The predicted octanol–water partition coefficient (Wildman–Crippen LogP) is 4.55. The molecule has 2 nitrogen and oxygen atoms in total. The molecule has 0 aliphatic heterocycles. The van der Waals surface area contributed by atoms with Gasteiger partial charge in [0.1, 0.15) is 0 Å². The molecule has 0 bridgehead atoms. The van der Waals surface area contributed by atoms with Crippen molar-refractivity contribution in [3.8, 4) is 0 Å². The third-order valence-electron chi connectivity index (χ3n) is 3.58. The lowest BCUT2D eigenvalue weighted by Crippen LogP contribution is -2.03. The molecule has 0 radical (unpaired) electrons. The zero-order valence-corrected chi connectivity index (χ0v) is 12.3. The van der Waals surface area contributed by atoms with Crippen molar-refractivity contribution in [1.82, 2.24) is 0 Å². The third kappa shape index (κ3) is 2.91. The van der Waals surface area contributed by atoms with E-state index in [2.05, 4.69) is 6.07 Å². The van der Waals surface area contributed by atoms with Gasteiger partial charge in [0.2, 0.25) is 0 Å². The minimum Gasteiger partial charge on any atom is -0.465 e. The Morgan fingerprint density at radius 1 is 0.864 bits per heavy atom. The van der Waals surface area contributed by atoms with E-state index in [1.165, 1.54) is 7.11 Å². The third-order valence-corrected chi connectivity index (χ3v) is 3.58. The van der Waals surface area contributed by atoms with Crippen molar-refractivity contribution in [3.05, 3.63) is 83.9 Å². The van der Waals surface area contributed by atoms with Gasteiger partial charge in [0.15, 0.2) is 0 Å². The lowest BCUT2D eigenvalue weighted by Gasteiger charge is -2.08. The Balaban J connectivity index is 2.12. The van der Waals surface area contributed by atoms with Crippen LogP contribution in [0.15, 0.2) is 72.8 Å². The van der Waals surface area contributed by atoms with Gasteiger partial charge in [0.05, 0.1) is 12.7 Å². The normalized spacial score (nSPS) is 11.4. The van der Waals surface area contributed by atoms with Crippen molar-refractivity contribution in [2.24, 2.45) is 0 Å². The molecule has 0 aliphatic rings. The molecule has 0 N–H and O–H groups in total. The summed E-state index contributed by atoms with van der Waals surface area (Å²) in [5.74, 6) is -0.334. The second-order valence-corrected chi connectivity index (χ2v) is 5.02. The molecule has 22 heavy (non-hydrogen) atoms. The average Bonchev–Trinajstić information content (AvgIpc) is 2.59. The zero-order chi connectivity index (χ0) is 15.4. The number of ether oxygens (including phenoxy) is 1. The Morgan fingerprint density at radius 2 is 1.55 bits per heavy atom. The molecule has 0 saturated heterocycles. The molecular formula is C20H16O2. The number of hydrogen-bond donors (Lipinski definition) is 0. The topological polar surface area (TPSA) is 26.3 Å². The molecule has 0 amide bonds. The molecule has 0 saturated carbocycles. The molecule has 3 rings (SSSR count). The largest absolute Gasteiger partial charge is 0.465 e. The number of rotatable bonds is 3. The van der Waals surface area contributed by atoms with E-state index in [1.807, 2.05) is 72.8 Å². The fraction of sp³-hybridized carbons (Fsp3) is 0.0500. The summed E-state index contributed by atoms with van der Waals surface area (Å²) in [4.78, 5) is 12.2. The van der Waals surface area contributed by atoms with Gasteiger partial charge in [-0.2, -0.15) is 0 Å². The molecule has 3 aromatic carbocycles. The van der Waals surface area contributed by atoms with Gasteiger partial charge in [-0.05, 0) is 34.0 Å². The van der Waals surface area contributed by atoms with E-state index in [-0.39, 0.29) is 5.97 Å². The standard InChI is InChI=1S/C20H16O2/c1-22-20(21)19(13-15-7-3-2-4-8-15)18-12-11-16-9-5-6-10-17(16)14-18/h2-14H,1H3/b19-13+. The molecule has 2 heteroatoms. The first-order valence-corrected chi connectivity index (χ1v) is 7.12. The molecule has 108 valence electrons. The maximum Gasteiger partial charge on any atom is 0.338 e. The molecule has 0 spiro atoms. The first-order valence-electron chi connectivity index (χ1n) is 7.12. The Bertz CT molecular complexity index is 832. The van der Waals surface area contributed by atoms with Crippen molar-refractivity contribution < 1.29 is 9.53 Å². The lowest BCUT2D eigenvalue weighted by atomic mass is 9.99. The number of benzene rings is 3. The summed E-state index contributed by atoms with van der Waals surface area (Å²) in [6.45, 7) is 0. The summed E-state index contributed by atoms with van der Waals surface area (Å²) in [6, 6.07) is 23.8. The Hall–Kier alpha value is -2.87. The lowest BCUT2D eigenvalue weighted by molar-refractivity contribution is -0.133. The molecule has 0 fully saturated rings. The SMILES string of the molecule is COC(=O)/C(=C/c1ccccc1)c1ccc2ccccc2c1. The fourth-order valence-electron chi connectivity index (χ4n) is 2.44. The van der Waals surface area contributed by atoms with Crippen LogP contribution < -0.4 is 0 Å². The highest BCUT2D eigenvalue weighted by Gasteiger charge is 2.13. The van der Waals surface area contributed by atoms with E-state index in [9.17, 15) is 4.79 Å². The van der Waals surface area contributed by atoms with Crippen molar-refractivity contribution in [2.45, 2.75) is 0 Å². The maximum atomic E-state index is 12.2. The summed E-state index contributed by atoms with van der Waals surface area (Å²) in [5.41, 5.74) is 2.38. The van der Waals surface area contributed by atoms with Crippen molar-refractivity contribution >= 4 is 28.4 Å². The summed E-state index contributed by atoms with van der Waals surface area (Å²) < 4.78 is 4.94. The highest BCUT2D eigenvalue weighted by Crippen LogP contribution is 2.24. The monoisotopic (exact) mass is 288 g/mol. The van der Waals surface area contributed by atoms with Crippen LogP contribution in [0.1, 0.15) is 11.1 Å². The molecule has 3 aromatic rings. The van der Waals surface area contributed by atoms with E-state index in [1.54, 1.807) is 0 Å². The first-order chi connectivity index (χ1) is 10.8. The van der Waals surface area contributed by atoms with Crippen LogP contribution in [0.3, 0.4) is 0 Å². The second kappa shape index (κ2) is 6.27. The molecule has 0 heterocycles. The van der Waals surface area contributed by atoms with E-state index < -0.39 is 0 Å². The zero-order valence-electron chi connectivity index (χ0n) is 12.3.